The lowest BCUT2D eigenvalue weighted by atomic mass is 10.2. The standard InChI is InChI=1S/C15H18N4O2.2ClH/c1-16-9-10-19(2)15(21)11-6-7-13(18-14(11)20)12-5-3-4-8-17-12;;/h3-8,16H,9-10H2,1-2H3,(H,18,20);2*1H. The maximum atomic E-state index is 12.2. The van der Waals surface area contributed by atoms with Crippen molar-refractivity contribution in [3.8, 4) is 11.4 Å². The molecule has 1 amide bonds. The fourth-order valence-corrected chi connectivity index (χ4v) is 1.90. The molecule has 0 aliphatic heterocycles. The Morgan fingerprint density at radius 3 is 2.57 bits per heavy atom. The van der Waals surface area contributed by atoms with Gasteiger partial charge < -0.3 is 15.2 Å². The summed E-state index contributed by atoms with van der Waals surface area (Å²) in [5.41, 5.74) is 0.986. The number of nitrogens with one attached hydrogen (secondary N) is 2. The lowest BCUT2D eigenvalue weighted by molar-refractivity contribution is 0.0795. The van der Waals surface area contributed by atoms with Crippen molar-refractivity contribution in [2.45, 2.75) is 0 Å². The average molecular weight is 359 g/mol. The van der Waals surface area contributed by atoms with Crippen molar-refractivity contribution in [1.29, 1.82) is 0 Å². The molecule has 0 aliphatic rings. The van der Waals surface area contributed by atoms with Crippen LogP contribution in [0.5, 0.6) is 0 Å². The molecule has 6 nitrogen and oxygen atoms in total. The van der Waals surface area contributed by atoms with E-state index in [9.17, 15) is 9.59 Å². The molecule has 0 saturated carbocycles. The van der Waals surface area contributed by atoms with Gasteiger partial charge in [0, 0.05) is 26.3 Å². The van der Waals surface area contributed by atoms with Gasteiger partial charge >= 0.3 is 0 Å². The summed E-state index contributed by atoms with van der Waals surface area (Å²) in [6.07, 6.45) is 1.65. The summed E-state index contributed by atoms with van der Waals surface area (Å²) in [4.78, 5) is 32.7. The number of halogens is 2. The molecule has 0 saturated heterocycles. The van der Waals surface area contributed by atoms with Gasteiger partial charge in [-0.05, 0) is 31.3 Å². The minimum absolute atomic E-state index is 0. The predicted molar refractivity (Wildman–Crippen MR) is 95.7 cm³/mol. The second-order valence-electron chi connectivity index (χ2n) is 4.66. The molecule has 0 aromatic carbocycles. The molecular formula is C15H20Cl2N4O2. The van der Waals surface area contributed by atoms with Gasteiger partial charge in [-0.1, -0.05) is 6.07 Å². The number of amides is 1. The molecule has 23 heavy (non-hydrogen) atoms. The molecule has 2 N–H and O–H groups in total. The van der Waals surface area contributed by atoms with Gasteiger partial charge in [-0.15, -0.1) is 24.8 Å². The van der Waals surface area contributed by atoms with E-state index in [1.165, 1.54) is 4.90 Å². The van der Waals surface area contributed by atoms with E-state index < -0.39 is 5.56 Å². The third-order valence-electron chi connectivity index (χ3n) is 3.12. The maximum Gasteiger partial charge on any atom is 0.261 e. The van der Waals surface area contributed by atoms with E-state index >= 15 is 0 Å². The van der Waals surface area contributed by atoms with Gasteiger partial charge in [-0.3, -0.25) is 14.6 Å². The van der Waals surface area contributed by atoms with Gasteiger partial charge in [0.05, 0.1) is 11.4 Å². The van der Waals surface area contributed by atoms with Crippen molar-refractivity contribution in [2.75, 3.05) is 27.2 Å². The number of pyridine rings is 2. The molecule has 0 atom stereocenters. The number of likely N-dealkylation sites (N-methyl/N-ethyl adjacent to an activating group) is 2. The molecule has 0 spiro atoms. The van der Waals surface area contributed by atoms with E-state index in [0.717, 1.165) is 0 Å². The number of H-pyrrole nitrogens is 1. The third kappa shape index (κ3) is 5.35. The smallest absolute Gasteiger partial charge is 0.261 e. The molecule has 2 heterocycles. The fourth-order valence-electron chi connectivity index (χ4n) is 1.90. The first kappa shape index (κ1) is 21.1. The van der Waals surface area contributed by atoms with Gasteiger partial charge in [0.15, 0.2) is 0 Å². The van der Waals surface area contributed by atoms with Crippen LogP contribution in [0, 0.1) is 0 Å². The Labute approximate surface area is 147 Å². The Morgan fingerprint density at radius 1 is 1.26 bits per heavy atom. The number of aromatic amines is 1. The van der Waals surface area contributed by atoms with Crippen LogP contribution in [0.4, 0.5) is 0 Å². The van der Waals surface area contributed by atoms with Crippen molar-refractivity contribution in [1.82, 2.24) is 20.2 Å². The normalized spacial score (nSPS) is 9.48. The number of carbonyl (C=O) groups excluding carboxylic acids is 1. The van der Waals surface area contributed by atoms with Gasteiger partial charge in [0.25, 0.3) is 11.5 Å². The molecule has 0 bridgehead atoms. The molecule has 2 aromatic heterocycles. The maximum absolute atomic E-state index is 12.2. The molecule has 2 rings (SSSR count). The van der Waals surface area contributed by atoms with Gasteiger partial charge in [-0.25, -0.2) is 0 Å². The first-order chi connectivity index (χ1) is 10.1. The van der Waals surface area contributed by atoms with E-state index in [1.54, 1.807) is 37.5 Å². The highest BCUT2D eigenvalue weighted by atomic mass is 35.5. The molecule has 8 heteroatoms. The van der Waals surface area contributed by atoms with E-state index in [2.05, 4.69) is 15.3 Å². The average Bonchev–Trinajstić information content (AvgIpc) is 2.52. The van der Waals surface area contributed by atoms with Crippen molar-refractivity contribution >= 4 is 30.7 Å². The zero-order valence-corrected chi connectivity index (χ0v) is 14.5. The minimum Gasteiger partial charge on any atom is -0.340 e. The van der Waals surface area contributed by atoms with Crippen molar-refractivity contribution in [2.24, 2.45) is 0 Å². The zero-order chi connectivity index (χ0) is 15.2. The van der Waals surface area contributed by atoms with Crippen LogP contribution < -0.4 is 10.9 Å². The SMILES string of the molecule is CNCCN(C)C(=O)c1ccc(-c2ccccn2)[nH]c1=O.Cl.Cl. The molecule has 0 fully saturated rings. The highest BCUT2D eigenvalue weighted by molar-refractivity contribution is 5.93. The quantitative estimate of drug-likeness (QED) is 0.850. The van der Waals surface area contributed by atoms with Crippen molar-refractivity contribution in [3.63, 3.8) is 0 Å². The van der Waals surface area contributed by atoms with Crippen molar-refractivity contribution in [3.05, 3.63) is 52.4 Å². The molecule has 0 unspecified atom stereocenters. The van der Waals surface area contributed by atoms with Crippen LogP contribution >= 0.6 is 24.8 Å². The Kier molecular flexibility index (Phi) is 9.17. The highest BCUT2D eigenvalue weighted by Crippen LogP contribution is 2.11. The Bertz CT molecular complexity index is 677. The van der Waals surface area contributed by atoms with Crippen LogP contribution in [-0.4, -0.2) is 48.0 Å². The lowest BCUT2D eigenvalue weighted by Gasteiger charge is -2.16. The summed E-state index contributed by atoms with van der Waals surface area (Å²) < 4.78 is 0. The predicted octanol–water partition coefficient (Wildman–Crippen LogP) is 1.57. The van der Waals surface area contributed by atoms with Crippen LogP contribution in [0.2, 0.25) is 0 Å². The Balaban J connectivity index is 0.00000242. The van der Waals surface area contributed by atoms with Crippen LogP contribution in [-0.2, 0) is 0 Å². The van der Waals surface area contributed by atoms with E-state index in [-0.39, 0.29) is 36.3 Å². The topological polar surface area (TPSA) is 78.1 Å². The van der Waals surface area contributed by atoms with Crippen molar-refractivity contribution < 1.29 is 4.79 Å². The third-order valence-corrected chi connectivity index (χ3v) is 3.12. The summed E-state index contributed by atoms with van der Waals surface area (Å²) in [6.45, 7) is 1.21. The Morgan fingerprint density at radius 2 is 2.00 bits per heavy atom. The summed E-state index contributed by atoms with van der Waals surface area (Å²) in [7, 11) is 3.48. The minimum atomic E-state index is -0.403. The van der Waals surface area contributed by atoms with E-state index in [1.807, 2.05) is 13.1 Å². The first-order valence-electron chi connectivity index (χ1n) is 6.68. The number of aromatic nitrogens is 2. The number of hydrogen-bond acceptors (Lipinski definition) is 4. The fraction of sp³-hybridized carbons (Fsp3) is 0.267. The molecule has 0 aliphatic carbocycles. The molecule has 126 valence electrons. The van der Waals surface area contributed by atoms with Gasteiger partial charge in [0.2, 0.25) is 0 Å². The number of hydrogen-bond donors (Lipinski definition) is 2. The lowest BCUT2D eigenvalue weighted by Crippen LogP contribution is -2.35. The number of carbonyl (C=O) groups is 1. The summed E-state index contributed by atoms with van der Waals surface area (Å²) >= 11 is 0. The molecule has 2 aromatic rings. The van der Waals surface area contributed by atoms with Crippen LogP contribution in [0.25, 0.3) is 11.4 Å². The highest BCUT2D eigenvalue weighted by Gasteiger charge is 2.15. The molecular weight excluding hydrogens is 339 g/mol. The summed E-state index contributed by atoms with van der Waals surface area (Å²) in [5, 5.41) is 2.96. The Hall–Kier alpha value is -1.89. The summed E-state index contributed by atoms with van der Waals surface area (Å²) in [5.74, 6) is -0.293. The molecule has 0 radical (unpaired) electrons. The van der Waals surface area contributed by atoms with Crippen LogP contribution in [0.1, 0.15) is 10.4 Å². The monoisotopic (exact) mass is 358 g/mol. The number of rotatable bonds is 5. The first-order valence-corrected chi connectivity index (χ1v) is 6.68. The zero-order valence-electron chi connectivity index (χ0n) is 12.9. The van der Waals surface area contributed by atoms with Crippen LogP contribution in [0.15, 0.2) is 41.3 Å². The largest absolute Gasteiger partial charge is 0.340 e. The van der Waals surface area contributed by atoms with E-state index in [4.69, 9.17) is 0 Å². The van der Waals surface area contributed by atoms with E-state index in [0.29, 0.717) is 24.5 Å². The second-order valence-corrected chi connectivity index (χ2v) is 4.66. The van der Waals surface area contributed by atoms with Crippen LogP contribution in [0.3, 0.4) is 0 Å². The number of nitrogens with zero attached hydrogens (tertiary/aromatic N) is 2. The van der Waals surface area contributed by atoms with Gasteiger partial charge in [0.1, 0.15) is 5.56 Å². The second kappa shape index (κ2) is 9.99. The summed E-state index contributed by atoms with van der Waals surface area (Å²) in [6, 6.07) is 8.68. The van der Waals surface area contributed by atoms with Gasteiger partial charge in [-0.2, -0.15) is 0 Å².